The molecule has 0 aromatic carbocycles. The first-order chi connectivity index (χ1) is 13.4. The van der Waals surface area contributed by atoms with E-state index in [-0.39, 0.29) is 23.0 Å². The zero-order valence-electron chi connectivity index (χ0n) is 20.0. The van der Waals surface area contributed by atoms with Gasteiger partial charge in [-0.25, -0.2) is 4.79 Å². The fourth-order valence-corrected chi connectivity index (χ4v) is 3.51. The summed E-state index contributed by atoms with van der Waals surface area (Å²) in [5.74, 6) is -0.131. The van der Waals surface area contributed by atoms with Gasteiger partial charge in [0.2, 0.25) is 0 Å². The number of hydrogen-bond acceptors (Lipinski definition) is 4. The Morgan fingerprint density at radius 2 is 1.83 bits per heavy atom. The Morgan fingerprint density at radius 1 is 1.17 bits per heavy atom. The Morgan fingerprint density at radius 3 is 2.41 bits per heavy atom. The van der Waals surface area contributed by atoms with Gasteiger partial charge in [0.1, 0.15) is 0 Å². The molecule has 0 aliphatic carbocycles. The zero-order chi connectivity index (χ0) is 22.5. The Kier molecular flexibility index (Phi) is 13.4. The maximum absolute atomic E-state index is 11.2. The highest BCUT2D eigenvalue weighted by atomic mass is 28.4. The van der Waals surface area contributed by atoms with E-state index < -0.39 is 8.32 Å². The maximum Gasteiger partial charge on any atom is 0.330 e. The molecule has 0 aromatic rings. The van der Waals surface area contributed by atoms with E-state index in [0.717, 1.165) is 31.4 Å². The van der Waals surface area contributed by atoms with Gasteiger partial charge >= 0.3 is 5.97 Å². The molecule has 0 aromatic heterocycles. The quantitative estimate of drug-likeness (QED) is 0.126. The van der Waals surface area contributed by atoms with Crippen molar-refractivity contribution in [2.24, 2.45) is 5.92 Å². The Balaban J connectivity index is 4.20. The number of rotatable bonds is 13. The van der Waals surface area contributed by atoms with Crippen molar-refractivity contribution in [1.29, 1.82) is 0 Å². The van der Waals surface area contributed by atoms with Gasteiger partial charge in [0.25, 0.3) is 0 Å². The maximum atomic E-state index is 11.2. The summed E-state index contributed by atoms with van der Waals surface area (Å²) in [6.45, 7) is 18.3. The van der Waals surface area contributed by atoms with Crippen LogP contribution in [0.5, 0.6) is 0 Å². The molecule has 0 amide bonds. The van der Waals surface area contributed by atoms with E-state index in [0.29, 0.717) is 13.0 Å². The molecule has 0 aliphatic heterocycles. The van der Waals surface area contributed by atoms with Crippen LogP contribution in [-0.2, 0) is 14.0 Å². The van der Waals surface area contributed by atoms with Crippen LogP contribution in [-0.4, -0.2) is 38.7 Å². The summed E-state index contributed by atoms with van der Waals surface area (Å²) < 4.78 is 11.0. The predicted octanol–water partition coefficient (Wildman–Crippen LogP) is 6.19. The van der Waals surface area contributed by atoms with Gasteiger partial charge in [-0.3, -0.25) is 0 Å². The largest absolute Gasteiger partial charge is 0.463 e. The predicted molar refractivity (Wildman–Crippen MR) is 125 cm³/mol. The van der Waals surface area contributed by atoms with E-state index in [1.807, 2.05) is 19.9 Å². The first-order valence-corrected chi connectivity index (χ1v) is 13.8. The molecule has 0 saturated heterocycles. The van der Waals surface area contributed by atoms with Gasteiger partial charge in [0.05, 0.1) is 12.7 Å². The second-order valence-corrected chi connectivity index (χ2v) is 14.1. The molecule has 29 heavy (non-hydrogen) atoms. The van der Waals surface area contributed by atoms with Crippen LogP contribution in [0.3, 0.4) is 0 Å². The van der Waals surface area contributed by atoms with E-state index in [1.165, 1.54) is 6.08 Å². The first kappa shape index (κ1) is 27.8. The molecule has 0 bridgehead atoms. The lowest BCUT2D eigenvalue weighted by Gasteiger charge is -2.36. The highest BCUT2D eigenvalue weighted by Crippen LogP contribution is 2.36. The summed E-state index contributed by atoms with van der Waals surface area (Å²) in [4.78, 5) is 11.2. The molecule has 168 valence electrons. The molecule has 4 nitrogen and oxygen atoms in total. The highest BCUT2D eigenvalue weighted by molar-refractivity contribution is 6.74. The van der Waals surface area contributed by atoms with Gasteiger partial charge in [0, 0.05) is 12.7 Å². The van der Waals surface area contributed by atoms with Crippen molar-refractivity contribution in [2.75, 3.05) is 13.2 Å². The van der Waals surface area contributed by atoms with Crippen LogP contribution >= 0.6 is 0 Å². The number of allylic oxidation sites excluding steroid dienone is 3. The molecule has 2 atom stereocenters. The summed E-state index contributed by atoms with van der Waals surface area (Å²) in [7, 11) is -1.66. The lowest BCUT2D eigenvalue weighted by Crippen LogP contribution is -2.40. The SMILES string of the molecule is CCOC(=O)/C=C/CC[C@@H](C)C(O)C/C(C)=C/C=C/CCO[Si](C)(C)C(C)(C)C. The van der Waals surface area contributed by atoms with Crippen LogP contribution in [0.2, 0.25) is 18.1 Å². The number of aliphatic hydroxyl groups excluding tert-OH is 1. The van der Waals surface area contributed by atoms with E-state index >= 15 is 0 Å². The van der Waals surface area contributed by atoms with Crippen molar-refractivity contribution < 1.29 is 19.1 Å². The molecule has 1 N–H and O–H groups in total. The number of hydrogen-bond donors (Lipinski definition) is 1. The molecule has 0 aliphatic rings. The minimum absolute atomic E-state index is 0.173. The summed E-state index contributed by atoms with van der Waals surface area (Å²) >= 11 is 0. The fourth-order valence-electron chi connectivity index (χ4n) is 2.45. The van der Waals surface area contributed by atoms with Crippen molar-refractivity contribution in [2.45, 2.75) is 91.5 Å². The van der Waals surface area contributed by atoms with E-state index in [4.69, 9.17) is 9.16 Å². The Bertz CT molecular complexity index is 556. The average Bonchev–Trinajstić information content (AvgIpc) is 2.60. The lowest BCUT2D eigenvalue weighted by atomic mass is 9.94. The third-order valence-electron chi connectivity index (χ3n) is 5.59. The molecule has 0 heterocycles. The number of carbonyl (C=O) groups excluding carboxylic acids is 1. The normalized spacial score (nSPS) is 15.8. The standard InChI is InChI=1S/C24H44O4Si/c1-9-27-23(26)17-13-12-16-21(3)22(25)19-20(2)15-11-10-14-18-28-29(7,8)24(4,5)6/h10-11,13,15,17,21-22,25H,9,12,14,16,18-19H2,1-8H3/b11-10+,17-13+,20-15+/t21-,22?/m1/s1. The molecular weight excluding hydrogens is 380 g/mol. The summed E-state index contributed by atoms with van der Waals surface area (Å²) in [6.07, 6.45) is 12.3. The van der Waals surface area contributed by atoms with Gasteiger partial charge in [-0.15, -0.1) is 0 Å². The summed E-state index contributed by atoms with van der Waals surface area (Å²) in [5.41, 5.74) is 1.16. The van der Waals surface area contributed by atoms with Crippen molar-refractivity contribution in [1.82, 2.24) is 0 Å². The molecule has 0 saturated carbocycles. The van der Waals surface area contributed by atoms with Gasteiger partial charge in [-0.2, -0.15) is 0 Å². The van der Waals surface area contributed by atoms with Crippen molar-refractivity contribution >= 4 is 14.3 Å². The Hall–Kier alpha value is -1.17. The average molecular weight is 425 g/mol. The van der Waals surface area contributed by atoms with Crippen molar-refractivity contribution in [3.05, 3.63) is 36.0 Å². The molecule has 0 radical (unpaired) electrons. The fraction of sp³-hybridized carbons (Fsp3) is 0.708. The molecule has 5 heteroatoms. The number of carbonyl (C=O) groups is 1. The molecule has 0 rings (SSSR count). The van der Waals surface area contributed by atoms with E-state index in [1.54, 1.807) is 6.92 Å². The van der Waals surface area contributed by atoms with Crippen LogP contribution in [0.1, 0.15) is 67.2 Å². The third kappa shape index (κ3) is 12.9. The monoisotopic (exact) mass is 424 g/mol. The van der Waals surface area contributed by atoms with Crippen LogP contribution in [0.4, 0.5) is 0 Å². The second-order valence-electron chi connectivity index (χ2n) is 9.32. The van der Waals surface area contributed by atoms with Crippen LogP contribution in [0.25, 0.3) is 0 Å². The minimum atomic E-state index is -1.66. The summed E-state index contributed by atoms with van der Waals surface area (Å²) in [6, 6.07) is 0. The number of esters is 1. The topological polar surface area (TPSA) is 55.8 Å². The Labute approximate surface area is 180 Å². The van der Waals surface area contributed by atoms with E-state index in [2.05, 4.69) is 52.1 Å². The molecule has 0 fully saturated rings. The van der Waals surface area contributed by atoms with Crippen molar-refractivity contribution in [3.63, 3.8) is 0 Å². The van der Waals surface area contributed by atoms with Gasteiger partial charge in [-0.05, 0) is 63.6 Å². The van der Waals surface area contributed by atoms with Crippen LogP contribution in [0.15, 0.2) is 36.0 Å². The second kappa shape index (κ2) is 13.9. The van der Waals surface area contributed by atoms with Crippen molar-refractivity contribution in [3.8, 4) is 0 Å². The lowest BCUT2D eigenvalue weighted by molar-refractivity contribution is -0.137. The van der Waals surface area contributed by atoms with Gasteiger partial charge < -0.3 is 14.3 Å². The van der Waals surface area contributed by atoms with Gasteiger partial charge in [-0.1, -0.05) is 57.6 Å². The van der Waals surface area contributed by atoms with E-state index in [9.17, 15) is 9.90 Å². The first-order valence-electron chi connectivity index (χ1n) is 10.9. The van der Waals surface area contributed by atoms with Crippen LogP contribution < -0.4 is 0 Å². The number of aliphatic hydroxyl groups is 1. The van der Waals surface area contributed by atoms with Gasteiger partial charge in [0.15, 0.2) is 8.32 Å². The molecule has 1 unspecified atom stereocenters. The molecular formula is C24H44O4Si. The van der Waals surface area contributed by atoms with Crippen LogP contribution in [0, 0.1) is 5.92 Å². The number of ether oxygens (including phenoxy) is 1. The third-order valence-corrected chi connectivity index (χ3v) is 10.1. The minimum Gasteiger partial charge on any atom is -0.463 e. The highest BCUT2D eigenvalue weighted by Gasteiger charge is 2.36. The summed E-state index contributed by atoms with van der Waals surface area (Å²) in [5, 5.41) is 10.6. The smallest absolute Gasteiger partial charge is 0.330 e. The molecule has 0 spiro atoms. The zero-order valence-corrected chi connectivity index (χ0v) is 21.0.